The van der Waals surface area contributed by atoms with Crippen LogP contribution in [0.3, 0.4) is 0 Å². The number of tetrazole rings is 1. The Morgan fingerprint density at radius 1 is 1.03 bits per heavy atom. The summed E-state index contributed by atoms with van der Waals surface area (Å²) in [5.74, 6) is 1.48. The van der Waals surface area contributed by atoms with Gasteiger partial charge in [0, 0.05) is 5.70 Å². The van der Waals surface area contributed by atoms with Crippen LogP contribution in [0.2, 0.25) is 0 Å². The number of methoxy groups -OCH3 is 1. The minimum atomic E-state index is -0.531. The number of para-hydroxylation sites is 2. The molecule has 0 bridgehead atoms. The van der Waals surface area contributed by atoms with Crippen LogP contribution in [0.5, 0.6) is 11.5 Å². The van der Waals surface area contributed by atoms with E-state index in [-0.39, 0.29) is 5.91 Å². The summed E-state index contributed by atoms with van der Waals surface area (Å²) in [6, 6.07) is 22.5. The van der Waals surface area contributed by atoms with Crippen LogP contribution >= 0.6 is 0 Å². The lowest BCUT2D eigenvalue weighted by molar-refractivity contribution is -0.113. The fraction of sp³-hybridized carbons (Fsp3) is 0.185. The van der Waals surface area contributed by atoms with Crippen molar-refractivity contribution in [1.29, 1.82) is 0 Å². The minimum absolute atomic E-state index is 0.282. The van der Waals surface area contributed by atoms with Crippen LogP contribution in [0.1, 0.15) is 29.7 Å². The van der Waals surface area contributed by atoms with E-state index in [1.807, 2.05) is 55.5 Å². The predicted octanol–water partition coefficient (Wildman–Crippen LogP) is 4.50. The number of rotatable bonds is 7. The Morgan fingerprint density at radius 3 is 2.56 bits per heavy atom. The zero-order valence-corrected chi connectivity index (χ0v) is 20.2. The van der Waals surface area contributed by atoms with Gasteiger partial charge in [-0.15, -0.1) is 0 Å². The van der Waals surface area contributed by atoms with E-state index in [4.69, 9.17) is 9.47 Å². The first kappa shape index (κ1) is 23.1. The Bertz CT molecular complexity index is 1430. The van der Waals surface area contributed by atoms with Gasteiger partial charge in [-0.2, -0.15) is 4.68 Å². The summed E-state index contributed by atoms with van der Waals surface area (Å²) in [5.41, 5.74) is 4.89. The standard InChI is InChI=1S/C27H26N6O3/c1-17-8-4-5-9-20(17)16-36-21-14-12-19(13-15-21)25-24(18(2)28-27-30-31-32-33(25)27)26(34)29-22-10-6-7-11-23(22)35-3/h4-15,25H,16H2,1-3H3,(H,29,34)(H,28,30,32). The van der Waals surface area contributed by atoms with Crippen molar-refractivity contribution in [2.24, 2.45) is 0 Å². The maximum atomic E-state index is 13.5. The SMILES string of the molecule is COc1ccccc1NC(=O)C1=C(C)Nc2nnnn2C1c1ccc(OCc2ccccc2C)cc1. The molecule has 1 aromatic heterocycles. The molecule has 0 aliphatic carbocycles. The normalized spacial score (nSPS) is 14.6. The molecular formula is C27H26N6O3. The smallest absolute Gasteiger partial charge is 0.255 e. The third-order valence-corrected chi connectivity index (χ3v) is 6.17. The zero-order valence-electron chi connectivity index (χ0n) is 20.2. The first-order chi connectivity index (χ1) is 17.5. The van der Waals surface area contributed by atoms with Crippen LogP contribution in [0, 0.1) is 6.92 Å². The molecule has 1 aliphatic rings. The Morgan fingerprint density at radius 2 is 1.78 bits per heavy atom. The molecular weight excluding hydrogens is 456 g/mol. The fourth-order valence-corrected chi connectivity index (χ4v) is 4.23. The Balaban J connectivity index is 1.42. The first-order valence-electron chi connectivity index (χ1n) is 11.5. The number of ether oxygens (including phenoxy) is 2. The summed E-state index contributed by atoms with van der Waals surface area (Å²) in [6.07, 6.45) is 0. The molecule has 1 aliphatic heterocycles. The first-order valence-corrected chi connectivity index (χ1v) is 11.5. The van der Waals surface area contributed by atoms with E-state index < -0.39 is 6.04 Å². The third-order valence-electron chi connectivity index (χ3n) is 6.17. The van der Waals surface area contributed by atoms with Gasteiger partial charge in [-0.05, 0) is 65.2 Å². The van der Waals surface area contributed by atoms with Crippen molar-refractivity contribution in [3.8, 4) is 11.5 Å². The van der Waals surface area contributed by atoms with E-state index in [1.165, 1.54) is 5.56 Å². The summed E-state index contributed by atoms with van der Waals surface area (Å²) < 4.78 is 13.0. The van der Waals surface area contributed by atoms with E-state index in [2.05, 4.69) is 45.2 Å². The minimum Gasteiger partial charge on any atom is -0.495 e. The van der Waals surface area contributed by atoms with E-state index in [0.29, 0.717) is 35.3 Å². The maximum Gasteiger partial charge on any atom is 0.255 e. The number of hydrogen-bond donors (Lipinski definition) is 2. The number of aromatic nitrogens is 4. The van der Waals surface area contributed by atoms with Gasteiger partial charge in [0.05, 0.1) is 18.4 Å². The summed E-state index contributed by atoms with van der Waals surface area (Å²) in [6.45, 7) is 4.37. The molecule has 2 N–H and O–H groups in total. The van der Waals surface area contributed by atoms with Crippen LogP contribution in [-0.2, 0) is 11.4 Å². The van der Waals surface area contributed by atoms with Gasteiger partial charge in [0.25, 0.3) is 5.91 Å². The monoisotopic (exact) mass is 482 g/mol. The molecule has 36 heavy (non-hydrogen) atoms. The topological polar surface area (TPSA) is 103 Å². The number of hydrogen-bond acceptors (Lipinski definition) is 7. The molecule has 3 aromatic carbocycles. The number of fused-ring (bicyclic) bond motifs is 1. The molecule has 182 valence electrons. The maximum absolute atomic E-state index is 13.5. The molecule has 0 saturated carbocycles. The molecule has 9 heteroatoms. The second-order valence-corrected chi connectivity index (χ2v) is 8.45. The molecule has 0 fully saturated rings. The summed E-state index contributed by atoms with van der Waals surface area (Å²) in [5, 5.41) is 18.1. The van der Waals surface area contributed by atoms with Gasteiger partial charge in [0.1, 0.15) is 24.1 Å². The van der Waals surface area contributed by atoms with Gasteiger partial charge in [-0.25, -0.2) is 0 Å². The van der Waals surface area contributed by atoms with Crippen LogP contribution in [0.25, 0.3) is 0 Å². The second-order valence-electron chi connectivity index (χ2n) is 8.45. The molecule has 1 amide bonds. The second kappa shape index (κ2) is 9.91. The average Bonchev–Trinajstić information content (AvgIpc) is 3.36. The lowest BCUT2D eigenvalue weighted by atomic mass is 9.95. The highest BCUT2D eigenvalue weighted by atomic mass is 16.5. The van der Waals surface area contributed by atoms with Gasteiger partial charge in [-0.3, -0.25) is 4.79 Å². The number of carbonyl (C=O) groups is 1. The Hall–Kier alpha value is -4.66. The number of aryl methyl sites for hydroxylation is 1. The quantitative estimate of drug-likeness (QED) is 0.400. The van der Waals surface area contributed by atoms with E-state index >= 15 is 0 Å². The van der Waals surface area contributed by atoms with Crippen molar-refractivity contribution < 1.29 is 14.3 Å². The van der Waals surface area contributed by atoms with Crippen molar-refractivity contribution in [3.05, 3.63) is 101 Å². The van der Waals surface area contributed by atoms with Crippen LogP contribution < -0.4 is 20.1 Å². The largest absolute Gasteiger partial charge is 0.495 e. The fourth-order valence-electron chi connectivity index (χ4n) is 4.23. The molecule has 0 radical (unpaired) electrons. The number of allylic oxidation sites excluding steroid dienone is 1. The highest BCUT2D eigenvalue weighted by Gasteiger charge is 2.34. The highest BCUT2D eigenvalue weighted by molar-refractivity contribution is 6.06. The van der Waals surface area contributed by atoms with Crippen molar-refractivity contribution in [2.45, 2.75) is 26.5 Å². The van der Waals surface area contributed by atoms with Gasteiger partial charge in [0.15, 0.2) is 0 Å². The van der Waals surface area contributed by atoms with Crippen LogP contribution in [0.4, 0.5) is 11.6 Å². The lowest BCUT2D eigenvalue weighted by Crippen LogP contribution is -2.31. The van der Waals surface area contributed by atoms with Gasteiger partial charge in [-0.1, -0.05) is 53.6 Å². The molecule has 1 unspecified atom stereocenters. The molecule has 9 nitrogen and oxygen atoms in total. The molecule has 0 spiro atoms. The van der Waals surface area contributed by atoms with Crippen molar-refractivity contribution in [2.75, 3.05) is 17.7 Å². The van der Waals surface area contributed by atoms with Crippen LogP contribution in [0.15, 0.2) is 84.1 Å². The molecule has 4 aromatic rings. The van der Waals surface area contributed by atoms with Gasteiger partial charge in [0.2, 0.25) is 5.95 Å². The number of anilines is 2. The summed E-state index contributed by atoms with van der Waals surface area (Å²) in [7, 11) is 1.57. The molecule has 5 rings (SSSR count). The van der Waals surface area contributed by atoms with E-state index in [1.54, 1.807) is 23.9 Å². The number of nitrogens with one attached hydrogen (secondary N) is 2. The highest BCUT2D eigenvalue weighted by Crippen LogP contribution is 2.36. The Kier molecular flexibility index (Phi) is 6.36. The van der Waals surface area contributed by atoms with Crippen molar-refractivity contribution >= 4 is 17.5 Å². The summed E-state index contributed by atoms with van der Waals surface area (Å²) in [4.78, 5) is 13.5. The number of amides is 1. The Labute approximate surface area is 208 Å². The van der Waals surface area contributed by atoms with Gasteiger partial charge >= 0.3 is 0 Å². The van der Waals surface area contributed by atoms with E-state index in [0.717, 1.165) is 16.9 Å². The van der Waals surface area contributed by atoms with E-state index in [9.17, 15) is 4.79 Å². The number of nitrogens with zero attached hydrogens (tertiary/aromatic N) is 4. The number of carbonyl (C=O) groups excluding carboxylic acids is 1. The third kappa shape index (κ3) is 4.50. The molecule has 1 atom stereocenters. The summed E-state index contributed by atoms with van der Waals surface area (Å²) >= 11 is 0. The predicted molar refractivity (Wildman–Crippen MR) is 136 cm³/mol. The molecule has 0 saturated heterocycles. The zero-order chi connectivity index (χ0) is 25.1. The average molecular weight is 483 g/mol. The van der Waals surface area contributed by atoms with Crippen LogP contribution in [-0.4, -0.2) is 33.2 Å². The molecule has 2 heterocycles. The number of benzene rings is 3. The van der Waals surface area contributed by atoms with Crippen molar-refractivity contribution in [3.63, 3.8) is 0 Å². The lowest BCUT2D eigenvalue weighted by Gasteiger charge is -2.28. The van der Waals surface area contributed by atoms with Crippen molar-refractivity contribution in [1.82, 2.24) is 20.2 Å². The van der Waals surface area contributed by atoms with Gasteiger partial charge < -0.3 is 20.1 Å².